The molecular weight excluding hydrogens is 194 g/mol. The van der Waals surface area contributed by atoms with Gasteiger partial charge in [-0.1, -0.05) is 18.2 Å². The zero-order chi connectivity index (χ0) is 11.4. The molecule has 0 saturated carbocycles. The molecule has 0 aromatic heterocycles. The summed E-state index contributed by atoms with van der Waals surface area (Å²) in [6.07, 6.45) is 0. The van der Waals surface area contributed by atoms with E-state index >= 15 is 0 Å². The van der Waals surface area contributed by atoms with E-state index in [1.54, 1.807) is 24.3 Å². The van der Waals surface area contributed by atoms with Gasteiger partial charge in [0.25, 0.3) is 0 Å². The molecule has 0 saturated heterocycles. The number of amides is 1. The molecule has 1 amide bonds. The van der Waals surface area contributed by atoms with Crippen LogP contribution >= 0.6 is 0 Å². The number of nitrogens with zero attached hydrogens (tertiary/aromatic N) is 1. The summed E-state index contributed by atoms with van der Waals surface area (Å²) in [6, 6.07) is 7.90. The van der Waals surface area contributed by atoms with Crippen molar-refractivity contribution < 1.29 is 14.7 Å². The van der Waals surface area contributed by atoms with E-state index in [-0.39, 0.29) is 5.91 Å². The summed E-state index contributed by atoms with van der Waals surface area (Å²) in [7, 11) is 0. The van der Waals surface area contributed by atoms with E-state index in [0.717, 1.165) is 0 Å². The predicted octanol–water partition coefficient (Wildman–Crippen LogP) is 1.51. The Morgan fingerprint density at radius 3 is 2.20 bits per heavy atom. The molecule has 0 fully saturated rings. The summed E-state index contributed by atoms with van der Waals surface area (Å²) in [5.41, 5.74) is 0.597. The Morgan fingerprint density at radius 2 is 1.80 bits per heavy atom. The lowest BCUT2D eigenvalue weighted by Crippen LogP contribution is -2.42. The summed E-state index contributed by atoms with van der Waals surface area (Å²) in [5, 5.41) is 8.87. The first kappa shape index (κ1) is 11.2. The first-order chi connectivity index (χ1) is 7.04. The van der Waals surface area contributed by atoms with Crippen molar-refractivity contribution in [2.45, 2.75) is 19.9 Å². The number of anilines is 1. The summed E-state index contributed by atoms with van der Waals surface area (Å²) in [5.74, 6) is -1.30. The maximum atomic E-state index is 11.4. The molecule has 80 valence electrons. The van der Waals surface area contributed by atoms with Gasteiger partial charge in [0, 0.05) is 12.6 Å². The Hall–Kier alpha value is -1.84. The van der Waals surface area contributed by atoms with Gasteiger partial charge in [0.2, 0.25) is 5.91 Å². The molecule has 0 aliphatic heterocycles. The molecule has 1 aromatic carbocycles. The summed E-state index contributed by atoms with van der Waals surface area (Å²) < 4.78 is 0. The van der Waals surface area contributed by atoms with Crippen LogP contribution in [0.2, 0.25) is 0 Å². The lowest BCUT2D eigenvalue weighted by molar-refractivity contribution is -0.139. The van der Waals surface area contributed by atoms with Crippen LogP contribution in [-0.4, -0.2) is 23.0 Å². The minimum Gasteiger partial charge on any atom is -0.480 e. The molecule has 0 unspecified atom stereocenters. The third kappa shape index (κ3) is 2.56. The molecule has 15 heavy (non-hydrogen) atoms. The van der Waals surface area contributed by atoms with Gasteiger partial charge in [0.1, 0.15) is 6.04 Å². The highest BCUT2D eigenvalue weighted by Gasteiger charge is 2.23. The zero-order valence-electron chi connectivity index (χ0n) is 8.68. The number of rotatable bonds is 3. The maximum absolute atomic E-state index is 11.4. The third-order valence-electron chi connectivity index (χ3n) is 2.12. The number of hydrogen-bond acceptors (Lipinski definition) is 2. The number of benzene rings is 1. The molecule has 4 nitrogen and oxygen atoms in total. The van der Waals surface area contributed by atoms with Gasteiger partial charge in [-0.15, -0.1) is 0 Å². The van der Waals surface area contributed by atoms with Crippen LogP contribution in [0.5, 0.6) is 0 Å². The van der Waals surface area contributed by atoms with Gasteiger partial charge in [-0.2, -0.15) is 0 Å². The average Bonchev–Trinajstić information content (AvgIpc) is 2.18. The van der Waals surface area contributed by atoms with Gasteiger partial charge in [-0.25, -0.2) is 4.79 Å². The minimum atomic E-state index is -1.02. The smallest absolute Gasteiger partial charge is 0.326 e. The van der Waals surface area contributed by atoms with E-state index in [1.807, 2.05) is 6.07 Å². The molecular formula is C11H13NO3. The molecule has 0 heterocycles. The van der Waals surface area contributed by atoms with Crippen molar-refractivity contribution in [3.05, 3.63) is 30.3 Å². The van der Waals surface area contributed by atoms with Crippen molar-refractivity contribution in [1.29, 1.82) is 0 Å². The predicted molar refractivity (Wildman–Crippen MR) is 56.7 cm³/mol. The van der Waals surface area contributed by atoms with Gasteiger partial charge in [0.15, 0.2) is 0 Å². The minimum absolute atomic E-state index is 0.281. The summed E-state index contributed by atoms with van der Waals surface area (Å²) in [6.45, 7) is 2.84. The van der Waals surface area contributed by atoms with Crippen LogP contribution in [0.15, 0.2) is 30.3 Å². The number of carboxylic acid groups (broad SMARTS) is 1. The van der Waals surface area contributed by atoms with Gasteiger partial charge in [0.05, 0.1) is 0 Å². The van der Waals surface area contributed by atoms with Crippen LogP contribution in [-0.2, 0) is 9.59 Å². The van der Waals surface area contributed by atoms with E-state index < -0.39 is 12.0 Å². The van der Waals surface area contributed by atoms with Crippen molar-refractivity contribution in [2.75, 3.05) is 4.90 Å². The second kappa shape index (κ2) is 4.59. The summed E-state index contributed by atoms with van der Waals surface area (Å²) >= 11 is 0. The Morgan fingerprint density at radius 1 is 1.27 bits per heavy atom. The fraction of sp³-hybridized carbons (Fsp3) is 0.273. The standard InChI is InChI=1S/C11H13NO3/c1-8(11(14)15)12(9(2)13)10-6-4-3-5-7-10/h3-8H,1-2H3,(H,14,15)/t8-/m1/s1. The second-order valence-electron chi connectivity index (χ2n) is 3.24. The topological polar surface area (TPSA) is 57.6 Å². The third-order valence-corrected chi connectivity index (χ3v) is 2.12. The average molecular weight is 207 g/mol. The fourth-order valence-electron chi connectivity index (χ4n) is 1.38. The van der Waals surface area contributed by atoms with Gasteiger partial charge >= 0.3 is 5.97 Å². The largest absolute Gasteiger partial charge is 0.480 e. The van der Waals surface area contributed by atoms with E-state index in [9.17, 15) is 9.59 Å². The molecule has 0 spiro atoms. The van der Waals surface area contributed by atoms with Crippen LogP contribution in [0.25, 0.3) is 0 Å². The van der Waals surface area contributed by atoms with Crippen molar-refractivity contribution in [3.8, 4) is 0 Å². The number of carboxylic acids is 1. The molecule has 0 bridgehead atoms. The Bertz CT molecular complexity index is 361. The molecule has 1 rings (SSSR count). The fourth-order valence-corrected chi connectivity index (χ4v) is 1.38. The lowest BCUT2D eigenvalue weighted by atomic mass is 10.2. The number of aliphatic carboxylic acids is 1. The van der Waals surface area contributed by atoms with Gasteiger partial charge in [-0.3, -0.25) is 9.69 Å². The van der Waals surface area contributed by atoms with E-state index in [1.165, 1.54) is 18.7 Å². The Labute approximate surface area is 88.1 Å². The van der Waals surface area contributed by atoms with Gasteiger partial charge < -0.3 is 5.11 Å². The van der Waals surface area contributed by atoms with Crippen LogP contribution in [0.3, 0.4) is 0 Å². The van der Waals surface area contributed by atoms with Crippen LogP contribution in [0.1, 0.15) is 13.8 Å². The molecule has 4 heteroatoms. The molecule has 0 radical (unpaired) electrons. The molecule has 0 aliphatic carbocycles. The van der Waals surface area contributed by atoms with E-state index in [0.29, 0.717) is 5.69 Å². The highest BCUT2D eigenvalue weighted by molar-refractivity contribution is 5.97. The van der Waals surface area contributed by atoms with Crippen molar-refractivity contribution in [2.24, 2.45) is 0 Å². The Balaban J connectivity index is 3.04. The number of carbonyl (C=O) groups excluding carboxylic acids is 1. The van der Waals surface area contributed by atoms with E-state index in [2.05, 4.69) is 0 Å². The Kier molecular flexibility index (Phi) is 3.44. The second-order valence-corrected chi connectivity index (χ2v) is 3.24. The highest BCUT2D eigenvalue weighted by atomic mass is 16.4. The quantitative estimate of drug-likeness (QED) is 0.817. The zero-order valence-corrected chi connectivity index (χ0v) is 8.68. The van der Waals surface area contributed by atoms with Crippen molar-refractivity contribution >= 4 is 17.6 Å². The summed E-state index contributed by atoms with van der Waals surface area (Å²) in [4.78, 5) is 23.4. The molecule has 1 atom stereocenters. The molecule has 1 aromatic rings. The maximum Gasteiger partial charge on any atom is 0.326 e. The first-order valence-electron chi connectivity index (χ1n) is 4.61. The van der Waals surface area contributed by atoms with Crippen LogP contribution < -0.4 is 4.90 Å². The van der Waals surface area contributed by atoms with E-state index in [4.69, 9.17) is 5.11 Å². The highest BCUT2D eigenvalue weighted by Crippen LogP contribution is 2.16. The normalized spacial score (nSPS) is 11.9. The lowest BCUT2D eigenvalue weighted by Gasteiger charge is -2.25. The first-order valence-corrected chi connectivity index (χ1v) is 4.61. The van der Waals surface area contributed by atoms with Gasteiger partial charge in [-0.05, 0) is 19.1 Å². The monoisotopic (exact) mass is 207 g/mol. The SMILES string of the molecule is CC(=O)N(c1ccccc1)[C@H](C)C(=O)O. The number of hydrogen-bond donors (Lipinski definition) is 1. The van der Waals surface area contributed by atoms with Crippen LogP contribution in [0.4, 0.5) is 5.69 Å². The van der Waals surface area contributed by atoms with Crippen molar-refractivity contribution in [3.63, 3.8) is 0 Å². The van der Waals surface area contributed by atoms with Crippen LogP contribution in [0, 0.1) is 0 Å². The number of para-hydroxylation sites is 1. The molecule has 0 aliphatic rings. The molecule has 1 N–H and O–H groups in total. The number of carbonyl (C=O) groups is 2. The van der Waals surface area contributed by atoms with Crippen molar-refractivity contribution in [1.82, 2.24) is 0 Å².